The van der Waals surface area contributed by atoms with Crippen molar-refractivity contribution in [1.29, 1.82) is 0 Å². The van der Waals surface area contributed by atoms with Crippen molar-refractivity contribution in [3.63, 3.8) is 0 Å². The van der Waals surface area contributed by atoms with Crippen molar-refractivity contribution in [1.82, 2.24) is 5.32 Å². The van der Waals surface area contributed by atoms with E-state index in [1.807, 2.05) is 0 Å². The Morgan fingerprint density at radius 3 is 2.68 bits per heavy atom. The fourth-order valence-electron chi connectivity index (χ4n) is 3.15. The number of aryl methyl sites for hydroxylation is 1. The lowest BCUT2D eigenvalue weighted by Crippen LogP contribution is -2.29. The summed E-state index contributed by atoms with van der Waals surface area (Å²) in [5.74, 6) is -0.723. The molecule has 0 saturated heterocycles. The van der Waals surface area contributed by atoms with Crippen molar-refractivity contribution < 1.29 is 8.78 Å². The fraction of sp³-hybridized carbons (Fsp3) is 0.625. The van der Waals surface area contributed by atoms with Gasteiger partial charge in [-0.25, -0.2) is 8.78 Å². The van der Waals surface area contributed by atoms with Crippen LogP contribution in [0.25, 0.3) is 0 Å². The van der Waals surface area contributed by atoms with E-state index in [2.05, 4.69) is 12.2 Å². The first kappa shape index (κ1) is 14.4. The smallest absolute Gasteiger partial charge is 0.132 e. The number of nitrogens with one attached hydrogen (secondary N) is 1. The minimum atomic E-state index is -0.384. The molecule has 0 spiro atoms. The molecule has 106 valence electrons. The van der Waals surface area contributed by atoms with Crippen LogP contribution in [0.1, 0.15) is 56.1 Å². The largest absolute Gasteiger partial charge is 0.314 e. The molecule has 1 saturated carbocycles. The monoisotopic (exact) mass is 267 g/mol. The first-order valence-corrected chi connectivity index (χ1v) is 7.31. The van der Waals surface area contributed by atoms with E-state index in [4.69, 9.17) is 0 Å². The van der Waals surface area contributed by atoms with Gasteiger partial charge in [0.05, 0.1) is 0 Å². The molecule has 1 aliphatic carbocycles. The highest BCUT2D eigenvalue weighted by molar-refractivity contribution is 5.30. The summed E-state index contributed by atoms with van der Waals surface area (Å²) in [6.45, 7) is 4.70. The minimum Gasteiger partial charge on any atom is -0.314 e. The Morgan fingerprint density at radius 1 is 1.21 bits per heavy atom. The maximum Gasteiger partial charge on any atom is 0.132 e. The second-order valence-electron chi connectivity index (χ2n) is 5.56. The van der Waals surface area contributed by atoms with Gasteiger partial charge in [-0.05, 0) is 50.3 Å². The molecule has 0 radical (unpaired) electrons. The topological polar surface area (TPSA) is 12.0 Å². The molecular formula is C16H23F2N. The van der Waals surface area contributed by atoms with E-state index < -0.39 is 0 Å². The zero-order valence-electron chi connectivity index (χ0n) is 11.8. The van der Waals surface area contributed by atoms with E-state index in [0.717, 1.165) is 38.6 Å². The average Bonchev–Trinajstić information content (AvgIpc) is 2.61. The second kappa shape index (κ2) is 6.47. The van der Waals surface area contributed by atoms with Gasteiger partial charge in [-0.3, -0.25) is 0 Å². The van der Waals surface area contributed by atoms with Gasteiger partial charge in [0.1, 0.15) is 11.6 Å². The average molecular weight is 267 g/mol. The SMILES string of the molecule is CCNC1CCCCC(c2c(F)ccc(C)c2F)C1. The molecule has 0 aliphatic heterocycles. The standard InChI is InChI=1S/C16H23F2N/c1-3-19-13-7-5-4-6-12(10-13)15-14(17)9-8-11(2)16(15)18/h8-9,12-13,19H,3-7,10H2,1-2H3. The van der Waals surface area contributed by atoms with E-state index >= 15 is 0 Å². The number of hydrogen-bond acceptors (Lipinski definition) is 1. The normalized spacial score (nSPS) is 24.2. The summed E-state index contributed by atoms with van der Waals surface area (Å²) in [5, 5.41) is 3.43. The lowest BCUT2D eigenvalue weighted by Gasteiger charge is -2.22. The molecule has 0 bridgehead atoms. The molecule has 3 heteroatoms. The van der Waals surface area contributed by atoms with Crippen LogP contribution in [0.3, 0.4) is 0 Å². The molecule has 2 rings (SSSR count). The molecule has 2 atom stereocenters. The van der Waals surface area contributed by atoms with Crippen LogP contribution in [0, 0.1) is 18.6 Å². The van der Waals surface area contributed by atoms with Crippen LogP contribution in [0.2, 0.25) is 0 Å². The first-order chi connectivity index (χ1) is 9.13. The lowest BCUT2D eigenvalue weighted by molar-refractivity contribution is 0.428. The Balaban J connectivity index is 2.26. The Bertz CT molecular complexity index is 431. The zero-order chi connectivity index (χ0) is 13.8. The summed E-state index contributed by atoms with van der Waals surface area (Å²) in [6.07, 6.45) is 5.03. The van der Waals surface area contributed by atoms with Gasteiger partial charge in [-0.1, -0.05) is 25.8 Å². The van der Waals surface area contributed by atoms with Crippen LogP contribution >= 0.6 is 0 Å². The second-order valence-corrected chi connectivity index (χ2v) is 5.56. The molecule has 1 aromatic carbocycles. The van der Waals surface area contributed by atoms with Gasteiger partial charge in [-0.15, -0.1) is 0 Å². The van der Waals surface area contributed by atoms with Gasteiger partial charge >= 0.3 is 0 Å². The third kappa shape index (κ3) is 3.33. The Morgan fingerprint density at radius 2 is 1.95 bits per heavy atom. The fourth-order valence-corrected chi connectivity index (χ4v) is 3.15. The summed E-state index contributed by atoms with van der Waals surface area (Å²) >= 11 is 0. The molecule has 1 aromatic rings. The van der Waals surface area contributed by atoms with Crippen LogP contribution in [0.5, 0.6) is 0 Å². The molecule has 19 heavy (non-hydrogen) atoms. The number of rotatable bonds is 3. The summed E-state index contributed by atoms with van der Waals surface area (Å²) < 4.78 is 28.2. The highest BCUT2D eigenvalue weighted by Gasteiger charge is 2.26. The first-order valence-electron chi connectivity index (χ1n) is 7.31. The summed E-state index contributed by atoms with van der Waals surface area (Å²) in [7, 11) is 0. The van der Waals surface area contributed by atoms with Gasteiger partial charge in [0, 0.05) is 11.6 Å². The highest BCUT2D eigenvalue weighted by atomic mass is 19.1. The van der Waals surface area contributed by atoms with Gasteiger partial charge < -0.3 is 5.32 Å². The Kier molecular flexibility index (Phi) is 4.92. The third-order valence-electron chi connectivity index (χ3n) is 4.14. The van der Waals surface area contributed by atoms with Crippen LogP contribution in [0.15, 0.2) is 12.1 Å². The predicted octanol–water partition coefficient (Wildman–Crippen LogP) is 4.30. The Hall–Kier alpha value is -0.960. The zero-order valence-corrected chi connectivity index (χ0v) is 11.8. The van der Waals surface area contributed by atoms with Crippen molar-refractivity contribution in [3.8, 4) is 0 Å². The summed E-state index contributed by atoms with van der Waals surface area (Å²) in [6, 6.07) is 3.31. The molecule has 1 nitrogen and oxygen atoms in total. The summed E-state index contributed by atoms with van der Waals surface area (Å²) in [4.78, 5) is 0. The van der Waals surface area contributed by atoms with Crippen LogP contribution in [-0.2, 0) is 0 Å². The van der Waals surface area contributed by atoms with Gasteiger partial charge in [0.15, 0.2) is 0 Å². The predicted molar refractivity (Wildman–Crippen MR) is 74.4 cm³/mol. The van der Waals surface area contributed by atoms with Crippen molar-refractivity contribution in [2.45, 2.75) is 57.9 Å². The molecule has 1 aliphatic rings. The molecule has 1 fully saturated rings. The molecule has 0 heterocycles. The molecule has 0 amide bonds. The molecule has 2 unspecified atom stereocenters. The molecule has 1 N–H and O–H groups in total. The molecule has 0 aromatic heterocycles. The maximum atomic E-state index is 14.2. The van der Waals surface area contributed by atoms with E-state index in [-0.39, 0.29) is 17.6 Å². The third-order valence-corrected chi connectivity index (χ3v) is 4.14. The van der Waals surface area contributed by atoms with Crippen LogP contribution < -0.4 is 5.32 Å². The van der Waals surface area contributed by atoms with Crippen molar-refractivity contribution in [2.75, 3.05) is 6.54 Å². The quantitative estimate of drug-likeness (QED) is 0.805. The van der Waals surface area contributed by atoms with Gasteiger partial charge in [0.25, 0.3) is 0 Å². The van der Waals surface area contributed by atoms with E-state index in [0.29, 0.717) is 17.2 Å². The van der Waals surface area contributed by atoms with E-state index in [9.17, 15) is 8.78 Å². The number of halogens is 2. The highest BCUT2D eigenvalue weighted by Crippen LogP contribution is 2.35. The molecular weight excluding hydrogens is 244 g/mol. The van der Waals surface area contributed by atoms with Gasteiger partial charge in [-0.2, -0.15) is 0 Å². The van der Waals surface area contributed by atoms with E-state index in [1.54, 1.807) is 6.92 Å². The summed E-state index contributed by atoms with van der Waals surface area (Å²) in [5.41, 5.74) is 0.852. The van der Waals surface area contributed by atoms with Crippen molar-refractivity contribution >= 4 is 0 Å². The van der Waals surface area contributed by atoms with Crippen LogP contribution in [0.4, 0.5) is 8.78 Å². The van der Waals surface area contributed by atoms with Crippen molar-refractivity contribution in [2.24, 2.45) is 0 Å². The van der Waals surface area contributed by atoms with Crippen LogP contribution in [-0.4, -0.2) is 12.6 Å². The Labute approximate surface area is 114 Å². The maximum absolute atomic E-state index is 14.2. The number of hydrogen-bond donors (Lipinski definition) is 1. The van der Waals surface area contributed by atoms with Gasteiger partial charge in [0.2, 0.25) is 0 Å². The lowest BCUT2D eigenvalue weighted by atomic mass is 9.88. The minimum absolute atomic E-state index is 0.00597. The number of benzene rings is 1. The van der Waals surface area contributed by atoms with E-state index in [1.165, 1.54) is 12.1 Å². The van der Waals surface area contributed by atoms with Crippen molar-refractivity contribution in [3.05, 3.63) is 34.9 Å².